The fraction of sp³-hybridized carbons (Fsp3) is 1.00. The van der Waals surface area contributed by atoms with Crippen molar-refractivity contribution < 1.29 is 4.74 Å². The molecule has 0 aliphatic heterocycles. The van der Waals surface area contributed by atoms with Gasteiger partial charge in [-0.15, -0.1) is 0 Å². The topological polar surface area (TPSA) is 38.5 Å². The van der Waals surface area contributed by atoms with Crippen LogP contribution in [0.2, 0.25) is 0 Å². The lowest BCUT2D eigenvalue weighted by Gasteiger charge is -2.26. The van der Waals surface area contributed by atoms with Crippen LogP contribution < -0.4 is 5.73 Å². The van der Waals surface area contributed by atoms with Crippen molar-refractivity contribution >= 4 is 0 Å². The maximum Gasteiger partial charge on any atom is 0.0593 e. The molecule has 1 fully saturated rings. The third kappa shape index (κ3) is 7.34. The number of hydrogen-bond donors (Lipinski definition) is 1. The average molecular weight is 256 g/mol. The van der Waals surface area contributed by atoms with Crippen LogP contribution in [0, 0.1) is 5.92 Å². The van der Waals surface area contributed by atoms with Gasteiger partial charge in [-0.05, 0) is 32.2 Å². The summed E-state index contributed by atoms with van der Waals surface area (Å²) in [6, 6.07) is 0.534. The molecule has 18 heavy (non-hydrogen) atoms. The van der Waals surface area contributed by atoms with Gasteiger partial charge in [0.1, 0.15) is 0 Å². The van der Waals surface area contributed by atoms with Crippen LogP contribution in [0.1, 0.15) is 51.9 Å². The molecule has 1 rings (SSSR count). The Kier molecular flexibility index (Phi) is 8.64. The Morgan fingerprint density at radius 3 is 2.67 bits per heavy atom. The lowest BCUT2D eigenvalue weighted by atomic mass is 10.1. The molecule has 0 saturated heterocycles. The summed E-state index contributed by atoms with van der Waals surface area (Å²) in [4.78, 5) is 2.37. The fourth-order valence-corrected chi connectivity index (χ4v) is 2.25. The Balaban J connectivity index is 2.00. The third-order valence-corrected chi connectivity index (χ3v) is 3.93. The molecule has 3 heteroatoms. The number of rotatable bonds is 12. The van der Waals surface area contributed by atoms with Crippen molar-refractivity contribution in [2.75, 3.05) is 33.4 Å². The normalized spacial score (nSPS) is 17.3. The van der Waals surface area contributed by atoms with Gasteiger partial charge in [-0.2, -0.15) is 0 Å². The first-order valence-corrected chi connectivity index (χ1v) is 7.76. The molecule has 2 N–H and O–H groups in total. The van der Waals surface area contributed by atoms with Gasteiger partial charge in [-0.1, -0.05) is 32.6 Å². The zero-order valence-corrected chi connectivity index (χ0v) is 12.4. The molecule has 0 bridgehead atoms. The van der Waals surface area contributed by atoms with Crippen LogP contribution in [0.5, 0.6) is 0 Å². The average Bonchev–Trinajstić information content (AvgIpc) is 3.18. The predicted molar refractivity (Wildman–Crippen MR) is 77.8 cm³/mol. The van der Waals surface area contributed by atoms with E-state index in [-0.39, 0.29) is 0 Å². The summed E-state index contributed by atoms with van der Waals surface area (Å²) in [5.41, 5.74) is 5.87. The number of ether oxygens (including phenoxy) is 1. The van der Waals surface area contributed by atoms with Crippen LogP contribution in [0.3, 0.4) is 0 Å². The zero-order valence-electron chi connectivity index (χ0n) is 12.4. The summed E-state index contributed by atoms with van der Waals surface area (Å²) < 4.78 is 5.68. The predicted octanol–water partition coefficient (Wildman–Crippen LogP) is 2.64. The van der Waals surface area contributed by atoms with E-state index in [0.29, 0.717) is 6.04 Å². The molecule has 108 valence electrons. The first-order valence-electron chi connectivity index (χ1n) is 7.76. The molecule has 1 aliphatic rings. The van der Waals surface area contributed by atoms with Crippen molar-refractivity contribution in [2.24, 2.45) is 11.7 Å². The SMILES string of the molecule is CCCCCCC(CN)N(C)CCOCC1CC1. The standard InChI is InChI=1S/C15H32N2O/c1-3-4-5-6-7-15(12-16)17(2)10-11-18-13-14-8-9-14/h14-15H,3-13,16H2,1-2H3. The Hall–Kier alpha value is -0.120. The minimum Gasteiger partial charge on any atom is -0.380 e. The van der Waals surface area contributed by atoms with Gasteiger partial charge in [0, 0.05) is 25.7 Å². The number of hydrogen-bond acceptors (Lipinski definition) is 3. The van der Waals surface area contributed by atoms with Crippen molar-refractivity contribution in [3.63, 3.8) is 0 Å². The van der Waals surface area contributed by atoms with Crippen molar-refractivity contribution in [1.29, 1.82) is 0 Å². The Morgan fingerprint density at radius 2 is 2.06 bits per heavy atom. The molecular formula is C15H32N2O. The number of unbranched alkanes of at least 4 members (excludes halogenated alkanes) is 3. The van der Waals surface area contributed by atoms with Gasteiger partial charge in [-0.25, -0.2) is 0 Å². The lowest BCUT2D eigenvalue weighted by Crippen LogP contribution is -2.39. The summed E-state index contributed by atoms with van der Waals surface area (Å²) in [7, 11) is 2.18. The van der Waals surface area contributed by atoms with Crippen LogP contribution >= 0.6 is 0 Å². The third-order valence-electron chi connectivity index (χ3n) is 3.93. The van der Waals surface area contributed by atoms with Gasteiger partial charge in [-0.3, -0.25) is 4.90 Å². The van der Waals surface area contributed by atoms with Gasteiger partial charge >= 0.3 is 0 Å². The molecule has 0 aromatic rings. The van der Waals surface area contributed by atoms with E-state index in [1.807, 2.05) is 0 Å². The van der Waals surface area contributed by atoms with E-state index in [0.717, 1.165) is 32.2 Å². The van der Waals surface area contributed by atoms with E-state index < -0.39 is 0 Å². The van der Waals surface area contributed by atoms with Gasteiger partial charge in [0.05, 0.1) is 6.61 Å². The van der Waals surface area contributed by atoms with Crippen LogP contribution in [0.4, 0.5) is 0 Å². The van der Waals surface area contributed by atoms with Crippen molar-refractivity contribution in [1.82, 2.24) is 4.90 Å². The van der Waals surface area contributed by atoms with Crippen LogP contribution in [-0.4, -0.2) is 44.3 Å². The van der Waals surface area contributed by atoms with Gasteiger partial charge < -0.3 is 10.5 Å². The number of nitrogens with two attached hydrogens (primary N) is 1. The second-order valence-corrected chi connectivity index (χ2v) is 5.74. The second-order valence-electron chi connectivity index (χ2n) is 5.74. The molecule has 1 unspecified atom stereocenters. The summed E-state index contributed by atoms with van der Waals surface area (Å²) in [5, 5.41) is 0. The summed E-state index contributed by atoms with van der Waals surface area (Å²) in [6.45, 7) is 5.87. The first kappa shape index (κ1) is 15.9. The maximum atomic E-state index is 5.87. The van der Waals surface area contributed by atoms with E-state index in [4.69, 9.17) is 10.5 Å². The maximum absolute atomic E-state index is 5.87. The number of likely N-dealkylation sites (N-methyl/N-ethyl adjacent to an activating group) is 1. The highest BCUT2D eigenvalue weighted by molar-refractivity contribution is 4.73. The second kappa shape index (κ2) is 9.76. The Morgan fingerprint density at radius 1 is 1.28 bits per heavy atom. The molecule has 0 aromatic heterocycles. The van der Waals surface area contributed by atoms with E-state index in [1.165, 1.54) is 44.9 Å². The van der Waals surface area contributed by atoms with Gasteiger partial charge in [0.15, 0.2) is 0 Å². The Labute approximate surface area is 113 Å². The molecule has 0 aromatic carbocycles. The van der Waals surface area contributed by atoms with Crippen LogP contribution in [0.15, 0.2) is 0 Å². The van der Waals surface area contributed by atoms with Crippen molar-refractivity contribution in [2.45, 2.75) is 57.9 Å². The lowest BCUT2D eigenvalue weighted by molar-refractivity contribution is 0.0904. The zero-order chi connectivity index (χ0) is 13.2. The van der Waals surface area contributed by atoms with E-state index in [1.54, 1.807) is 0 Å². The monoisotopic (exact) mass is 256 g/mol. The summed E-state index contributed by atoms with van der Waals surface area (Å²) >= 11 is 0. The van der Waals surface area contributed by atoms with Crippen molar-refractivity contribution in [3.05, 3.63) is 0 Å². The smallest absolute Gasteiger partial charge is 0.0593 e. The molecule has 0 amide bonds. The molecule has 1 saturated carbocycles. The van der Waals surface area contributed by atoms with Crippen molar-refractivity contribution in [3.8, 4) is 0 Å². The molecule has 0 heterocycles. The minimum atomic E-state index is 0.534. The molecule has 1 atom stereocenters. The first-order chi connectivity index (χ1) is 8.77. The molecule has 0 spiro atoms. The van der Waals surface area contributed by atoms with Crippen LogP contribution in [0.25, 0.3) is 0 Å². The molecule has 1 aliphatic carbocycles. The fourth-order valence-electron chi connectivity index (χ4n) is 2.25. The van der Waals surface area contributed by atoms with Crippen LogP contribution in [-0.2, 0) is 4.74 Å². The molecule has 3 nitrogen and oxygen atoms in total. The molecule has 0 radical (unpaired) electrons. The van der Waals surface area contributed by atoms with E-state index >= 15 is 0 Å². The highest BCUT2D eigenvalue weighted by Crippen LogP contribution is 2.28. The largest absolute Gasteiger partial charge is 0.380 e. The highest BCUT2D eigenvalue weighted by Gasteiger charge is 2.21. The summed E-state index contributed by atoms with van der Waals surface area (Å²) in [5.74, 6) is 0.870. The minimum absolute atomic E-state index is 0.534. The molecular weight excluding hydrogens is 224 g/mol. The summed E-state index contributed by atoms with van der Waals surface area (Å²) in [6.07, 6.45) is 9.29. The number of nitrogens with zero attached hydrogens (tertiary/aromatic N) is 1. The van der Waals surface area contributed by atoms with E-state index in [9.17, 15) is 0 Å². The van der Waals surface area contributed by atoms with E-state index in [2.05, 4.69) is 18.9 Å². The quantitative estimate of drug-likeness (QED) is 0.546. The van der Waals surface area contributed by atoms with Gasteiger partial charge in [0.2, 0.25) is 0 Å². The highest BCUT2D eigenvalue weighted by atomic mass is 16.5. The van der Waals surface area contributed by atoms with Gasteiger partial charge in [0.25, 0.3) is 0 Å². The Bertz CT molecular complexity index is 195.